The van der Waals surface area contributed by atoms with E-state index in [4.69, 9.17) is 0 Å². The Kier molecular flexibility index (Phi) is 5.63. The Balaban J connectivity index is 1.36. The molecule has 1 aromatic carbocycles. The number of amides is 2. The van der Waals surface area contributed by atoms with Crippen molar-refractivity contribution in [3.8, 4) is 0 Å². The van der Waals surface area contributed by atoms with Crippen molar-refractivity contribution in [2.24, 2.45) is 0 Å². The summed E-state index contributed by atoms with van der Waals surface area (Å²) in [4.78, 5) is 14.4. The van der Waals surface area contributed by atoms with Crippen LogP contribution in [0, 0.1) is 0 Å². The molecular weight excluding hydrogens is 362 g/mol. The fourth-order valence-corrected chi connectivity index (χ4v) is 4.98. The molecule has 0 atom stereocenters. The first kappa shape index (κ1) is 18.3. The molecule has 0 unspecified atom stereocenters. The van der Waals surface area contributed by atoms with E-state index in [0.717, 1.165) is 22.4 Å². The summed E-state index contributed by atoms with van der Waals surface area (Å²) < 4.78 is 1.76. The number of carbonyl (C=O) groups is 1. The maximum atomic E-state index is 12.7. The van der Waals surface area contributed by atoms with Gasteiger partial charge in [-0.2, -0.15) is 11.8 Å². The molecule has 0 saturated heterocycles. The summed E-state index contributed by atoms with van der Waals surface area (Å²) in [6.45, 7) is 1.41. The van der Waals surface area contributed by atoms with Crippen LogP contribution in [-0.4, -0.2) is 42.8 Å². The van der Waals surface area contributed by atoms with Gasteiger partial charge in [-0.15, -0.1) is 5.10 Å². The van der Waals surface area contributed by atoms with Gasteiger partial charge in [-0.05, 0) is 30.5 Å². The third kappa shape index (κ3) is 4.27. The van der Waals surface area contributed by atoms with Crippen molar-refractivity contribution in [3.63, 3.8) is 0 Å². The Labute approximate surface area is 163 Å². The predicted octanol–water partition coefficient (Wildman–Crippen LogP) is 2.99. The molecule has 0 spiro atoms. The molecule has 2 N–H and O–H groups in total. The molecule has 7 nitrogen and oxygen atoms in total. The molecule has 2 heterocycles. The number of hydrogen-bond donors (Lipinski definition) is 2. The Morgan fingerprint density at radius 3 is 2.96 bits per heavy atom. The van der Waals surface area contributed by atoms with E-state index < -0.39 is 0 Å². The molecule has 4 rings (SSSR count). The number of aliphatic hydroxyl groups is 1. The normalized spacial score (nSPS) is 17.1. The molecule has 1 fully saturated rings. The van der Waals surface area contributed by atoms with Crippen molar-refractivity contribution in [3.05, 3.63) is 41.2 Å². The number of urea groups is 1. The van der Waals surface area contributed by atoms with Gasteiger partial charge in [-0.25, -0.2) is 9.48 Å². The van der Waals surface area contributed by atoms with Crippen molar-refractivity contribution in [1.82, 2.24) is 19.9 Å². The van der Waals surface area contributed by atoms with E-state index in [2.05, 4.69) is 27.8 Å². The van der Waals surface area contributed by atoms with Crippen LogP contribution in [0.1, 0.15) is 42.6 Å². The Bertz CT molecular complexity index is 790. The largest absolute Gasteiger partial charge is 0.390 e. The number of aromatic nitrogens is 3. The van der Waals surface area contributed by atoms with E-state index in [0.29, 0.717) is 25.3 Å². The molecule has 0 radical (unpaired) electrons. The van der Waals surface area contributed by atoms with Gasteiger partial charge in [-0.1, -0.05) is 30.2 Å². The SMILES string of the molecule is O=C(Nc1cccc(CSC2CCCC2)c1)N1CCn2nnc(CO)c2C1. The highest BCUT2D eigenvalue weighted by Gasteiger charge is 2.24. The van der Waals surface area contributed by atoms with Crippen molar-refractivity contribution >= 4 is 23.5 Å². The van der Waals surface area contributed by atoms with Crippen LogP contribution in [0.15, 0.2) is 24.3 Å². The van der Waals surface area contributed by atoms with Gasteiger partial charge < -0.3 is 15.3 Å². The molecule has 0 bridgehead atoms. The summed E-state index contributed by atoms with van der Waals surface area (Å²) in [7, 11) is 0. The number of hydrogen-bond acceptors (Lipinski definition) is 5. The average molecular weight is 388 g/mol. The molecule has 1 aliphatic carbocycles. The van der Waals surface area contributed by atoms with Gasteiger partial charge in [-0.3, -0.25) is 0 Å². The lowest BCUT2D eigenvalue weighted by Gasteiger charge is -2.27. The molecule has 2 aromatic rings. The number of aliphatic hydroxyl groups excluding tert-OH is 1. The fourth-order valence-electron chi connectivity index (χ4n) is 3.70. The minimum Gasteiger partial charge on any atom is -0.390 e. The van der Waals surface area contributed by atoms with Crippen LogP contribution in [0.3, 0.4) is 0 Å². The van der Waals surface area contributed by atoms with Crippen LogP contribution in [0.5, 0.6) is 0 Å². The first-order valence-electron chi connectivity index (χ1n) is 9.51. The Morgan fingerprint density at radius 1 is 1.30 bits per heavy atom. The van der Waals surface area contributed by atoms with Crippen molar-refractivity contribution in [2.45, 2.75) is 56.4 Å². The number of fused-ring (bicyclic) bond motifs is 1. The number of benzene rings is 1. The molecule has 1 aliphatic heterocycles. The summed E-state index contributed by atoms with van der Waals surface area (Å²) in [5.41, 5.74) is 3.41. The zero-order chi connectivity index (χ0) is 18.6. The van der Waals surface area contributed by atoms with Crippen LogP contribution in [-0.2, 0) is 25.4 Å². The fraction of sp³-hybridized carbons (Fsp3) is 0.526. The number of anilines is 1. The summed E-state index contributed by atoms with van der Waals surface area (Å²) in [5.74, 6) is 0.989. The lowest BCUT2D eigenvalue weighted by molar-refractivity contribution is 0.193. The third-order valence-electron chi connectivity index (χ3n) is 5.24. The lowest BCUT2D eigenvalue weighted by Crippen LogP contribution is -2.41. The zero-order valence-electron chi connectivity index (χ0n) is 15.3. The second-order valence-corrected chi connectivity index (χ2v) is 8.42. The highest BCUT2D eigenvalue weighted by molar-refractivity contribution is 7.99. The molecule has 1 aromatic heterocycles. The van der Waals surface area contributed by atoms with Crippen molar-refractivity contribution in [1.29, 1.82) is 0 Å². The standard InChI is InChI=1S/C19H25N5O2S/c25-12-17-18-11-23(8-9-24(18)22-21-17)19(26)20-15-5-3-4-14(10-15)13-27-16-6-1-2-7-16/h3-5,10,16,25H,1-2,6-9,11-13H2,(H,20,26). The highest BCUT2D eigenvalue weighted by Crippen LogP contribution is 2.32. The highest BCUT2D eigenvalue weighted by atomic mass is 32.2. The first-order valence-corrected chi connectivity index (χ1v) is 10.6. The first-order chi connectivity index (χ1) is 13.2. The summed E-state index contributed by atoms with van der Waals surface area (Å²) in [6, 6.07) is 7.98. The predicted molar refractivity (Wildman–Crippen MR) is 105 cm³/mol. The van der Waals surface area contributed by atoms with Gasteiger partial charge in [0.2, 0.25) is 0 Å². The Hall–Kier alpha value is -2.06. The summed E-state index contributed by atoms with van der Waals surface area (Å²) in [5, 5.41) is 21.1. The topological polar surface area (TPSA) is 83.3 Å². The van der Waals surface area contributed by atoms with Crippen LogP contribution in [0.4, 0.5) is 10.5 Å². The van der Waals surface area contributed by atoms with E-state index in [1.807, 2.05) is 23.9 Å². The maximum absolute atomic E-state index is 12.7. The zero-order valence-corrected chi connectivity index (χ0v) is 16.1. The molecule has 8 heteroatoms. The van der Waals surface area contributed by atoms with Gasteiger partial charge in [0.1, 0.15) is 5.69 Å². The maximum Gasteiger partial charge on any atom is 0.322 e. The van der Waals surface area contributed by atoms with Crippen molar-refractivity contribution < 1.29 is 9.90 Å². The van der Waals surface area contributed by atoms with Crippen LogP contribution in [0.25, 0.3) is 0 Å². The number of thioether (sulfide) groups is 1. The van der Waals surface area contributed by atoms with Gasteiger partial charge in [0, 0.05) is 23.2 Å². The molecule has 27 heavy (non-hydrogen) atoms. The van der Waals surface area contributed by atoms with E-state index in [-0.39, 0.29) is 12.6 Å². The van der Waals surface area contributed by atoms with Crippen molar-refractivity contribution in [2.75, 3.05) is 11.9 Å². The second-order valence-electron chi connectivity index (χ2n) is 7.13. The van der Waals surface area contributed by atoms with Gasteiger partial charge in [0.25, 0.3) is 0 Å². The third-order valence-corrected chi connectivity index (χ3v) is 6.69. The number of nitrogens with zero attached hydrogens (tertiary/aromatic N) is 4. The van der Waals surface area contributed by atoms with E-state index in [9.17, 15) is 9.90 Å². The summed E-state index contributed by atoms with van der Waals surface area (Å²) >= 11 is 2.03. The minimum absolute atomic E-state index is 0.132. The quantitative estimate of drug-likeness (QED) is 0.824. The van der Waals surface area contributed by atoms with E-state index >= 15 is 0 Å². The van der Waals surface area contributed by atoms with E-state index in [1.54, 1.807) is 9.58 Å². The van der Waals surface area contributed by atoms with Crippen LogP contribution >= 0.6 is 11.8 Å². The van der Waals surface area contributed by atoms with Crippen LogP contribution in [0.2, 0.25) is 0 Å². The molecular formula is C19H25N5O2S. The van der Waals surface area contributed by atoms with Gasteiger partial charge in [0.15, 0.2) is 0 Å². The molecule has 144 valence electrons. The van der Waals surface area contributed by atoms with Gasteiger partial charge in [0.05, 0.1) is 25.4 Å². The Morgan fingerprint density at radius 2 is 2.15 bits per heavy atom. The number of carbonyl (C=O) groups excluding carboxylic acids is 1. The second kappa shape index (κ2) is 8.31. The smallest absolute Gasteiger partial charge is 0.322 e. The molecule has 2 aliphatic rings. The molecule has 2 amide bonds. The van der Waals surface area contributed by atoms with E-state index in [1.165, 1.54) is 31.2 Å². The lowest BCUT2D eigenvalue weighted by atomic mass is 10.2. The average Bonchev–Trinajstić information content (AvgIpc) is 3.35. The minimum atomic E-state index is -0.161. The van der Waals surface area contributed by atoms with Gasteiger partial charge >= 0.3 is 6.03 Å². The molecule has 1 saturated carbocycles. The summed E-state index contributed by atoms with van der Waals surface area (Å²) in [6.07, 6.45) is 5.38. The number of rotatable bonds is 5. The monoisotopic (exact) mass is 387 g/mol. The van der Waals surface area contributed by atoms with Crippen LogP contribution < -0.4 is 5.32 Å². The number of nitrogens with one attached hydrogen (secondary N) is 1.